The first-order valence-corrected chi connectivity index (χ1v) is 9.88. The second-order valence-electron chi connectivity index (χ2n) is 9.25. The molecule has 4 saturated carbocycles. The van der Waals surface area contributed by atoms with E-state index in [1.165, 1.54) is 60.9 Å². The Kier molecular flexibility index (Phi) is 3.17. The highest BCUT2D eigenvalue weighted by Gasteiger charge is 2.52. The van der Waals surface area contributed by atoms with Crippen molar-refractivity contribution in [1.29, 1.82) is 5.41 Å². The van der Waals surface area contributed by atoms with Gasteiger partial charge in [0.05, 0.1) is 5.69 Å². The molecule has 0 saturated heterocycles. The van der Waals surface area contributed by atoms with Crippen LogP contribution < -0.4 is 5.62 Å². The van der Waals surface area contributed by atoms with Gasteiger partial charge >= 0.3 is 0 Å². The van der Waals surface area contributed by atoms with Gasteiger partial charge in [-0.3, -0.25) is 9.98 Å². The number of hydrogen-bond acceptors (Lipinski definition) is 1. The Hall–Kier alpha value is -1.77. The standard InChI is InChI=1S/C22H29N3/c1-14-6-15(2)20(16(3)7-14)24-4-5-25(21(24)23)22-11-17-8-18(12-22)10-19(9-17)13-22/h4-7,17-19,23H,8-13H2,1-3H3. The van der Waals surface area contributed by atoms with Gasteiger partial charge in [-0.1, -0.05) is 17.7 Å². The summed E-state index contributed by atoms with van der Waals surface area (Å²) in [6.45, 7) is 6.49. The molecule has 3 heteroatoms. The fraction of sp³-hybridized carbons (Fsp3) is 0.591. The molecule has 1 aromatic carbocycles. The molecule has 4 bridgehead atoms. The summed E-state index contributed by atoms with van der Waals surface area (Å²) in [5.74, 6) is 2.72. The first kappa shape index (κ1) is 15.5. The van der Waals surface area contributed by atoms with Crippen LogP contribution in [0.2, 0.25) is 0 Å². The SMILES string of the molecule is Cc1cc(C)c(-n2ccn(C34CC5CC(CC(C5)C3)C4)c2=N)c(C)c1. The molecule has 4 aliphatic carbocycles. The van der Waals surface area contributed by atoms with Crippen molar-refractivity contribution in [2.45, 2.75) is 64.8 Å². The summed E-state index contributed by atoms with van der Waals surface area (Å²) in [4.78, 5) is 0. The minimum absolute atomic E-state index is 0.226. The van der Waals surface area contributed by atoms with Crippen molar-refractivity contribution in [3.63, 3.8) is 0 Å². The van der Waals surface area contributed by atoms with Gasteiger partial charge in [-0.2, -0.15) is 0 Å². The van der Waals surface area contributed by atoms with E-state index in [9.17, 15) is 0 Å². The van der Waals surface area contributed by atoms with Crippen LogP contribution in [0.15, 0.2) is 24.5 Å². The lowest BCUT2D eigenvalue weighted by Crippen LogP contribution is -2.54. The van der Waals surface area contributed by atoms with Gasteiger partial charge in [-0.05, 0) is 88.2 Å². The van der Waals surface area contributed by atoms with E-state index >= 15 is 0 Å². The van der Waals surface area contributed by atoms with Crippen LogP contribution in [0.25, 0.3) is 5.69 Å². The number of nitrogens with zero attached hydrogens (tertiary/aromatic N) is 2. The van der Waals surface area contributed by atoms with E-state index in [4.69, 9.17) is 5.41 Å². The first-order chi connectivity index (χ1) is 11.9. The average Bonchev–Trinajstić information content (AvgIpc) is 2.87. The van der Waals surface area contributed by atoms with Crippen LogP contribution in [-0.4, -0.2) is 9.13 Å². The maximum Gasteiger partial charge on any atom is 0.207 e. The van der Waals surface area contributed by atoms with Crippen LogP contribution in [-0.2, 0) is 5.54 Å². The maximum absolute atomic E-state index is 8.97. The van der Waals surface area contributed by atoms with Crippen LogP contribution in [0.5, 0.6) is 0 Å². The molecule has 0 unspecified atom stereocenters. The van der Waals surface area contributed by atoms with Crippen molar-refractivity contribution in [2.75, 3.05) is 0 Å². The van der Waals surface area contributed by atoms with Crippen LogP contribution in [0.3, 0.4) is 0 Å². The molecule has 2 aromatic rings. The summed E-state index contributed by atoms with van der Waals surface area (Å²) < 4.78 is 4.46. The Morgan fingerprint density at radius 3 is 1.92 bits per heavy atom. The van der Waals surface area contributed by atoms with Crippen LogP contribution in [0.1, 0.15) is 55.2 Å². The number of nitrogens with one attached hydrogen (secondary N) is 1. The molecular weight excluding hydrogens is 306 g/mol. The molecule has 0 spiro atoms. The van der Waals surface area contributed by atoms with Gasteiger partial charge in [-0.25, -0.2) is 0 Å². The Labute approximate surface area is 150 Å². The van der Waals surface area contributed by atoms with E-state index in [-0.39, 0.29) is 5.54 Å². The molecule has 0 atom stereocenters. The van der Waals surface area contributed by atoms with Gasteiger partial charge in [-0.15, -0.1) is 0 Å². The maximum atomic E-state index is 8.97. The number of benzene rings is 1. The number of aryl methyl sites for hydroxylation is 3. The van der Waals surface area contributed by atoms with Crippen molar-refractivity contribution < 1.29 is 0 Å². The van der Waals surface area contributed by atoms with Gasteiger partial charge in [0, 0.05) is 17.9 Å². The van der Waals surface area contributed by atoms with E-state index in [0.29, 0.717) is 5.62 Å². The number of rotatable bonds is 2. The number of imidazole rings is 1. The third-order valence-electron chi connectivity index (χ3n) is 7.21. The summed E-state index contributed by atoms with van der Waals surface area (Å²) in [7, 11) is 0. The van der Waals surface area contributed by atoms with E-state index in [0.717, 1.165) is 17.8 Å². The van der Waals surface area contributed by atoms with Gasteiger partial charge in [0.25, 0.3) is 0 Å². The summed E-state index contributed by atoms with van der Waals surface area (Å²) in [6.07, 6.45) is 12.6. The van der Waals surface area contributed by atoms with E-state index in [1.807, 2.05) is 0 Å². The smallest absolute Gasteiger partial charge is 0.207 e. The molecule has 4 aliphatic rings. The number of hydrogen-bond donors (Lipinski definition) is 1. The largest absolute Gasteiger partial charge is 0.311 e. The van der Waals surface area contributed by atoms with Crippen LogP contribution >= 0.6 is 0 Å². The van der Waals surface area contributed by atoms with Crippen molar-refractivity contribution in [2.24, 2.45) is 17.8 Å². The molecule has 1 N–H and O–H groups in total. The third-order valence-corrected chi connectivity index (χ3v) is 7.21. The second-order valence-corrected chi connectivity index (χ2v) is 9.25. The zero-order chi connectivity index (χ0) is 17.3. The summed E-state index contributed by atoms with van der Waals surface area (Å²) in [5.41, 5.74) is 5.91. The Morgan fingerprint density at radius 1 is 0.880 bits per heavy atom. The molecule has 132 valence electrons. The highest BCUT2D eigenvalue weighted by molar-refractivity contribution is 5.49. The Balaban J connectivity index is 1.62. The van der Waals surface area contributed by atoms with E-state index in [2.05, 4.69) is 54.4 Å². The molecule has 3 nitrogen and oxygen atoms in total. The van der Waals surface area contributed by atoms with Crippen molar-refractivity contribution in [1.82, 2.24) is 9.13 Å². The summed E-state index contributed by atoms with van der Waals surface area (Å²) in [6, 6.07) is 4.47. The minimum Gasteiger partial charge on any atom is -0.311 e. The predicted octanol–water partition coefficient (Wildman–Crippen LogP) is 4.61. The molecule has 0 aliphatic heterocycles. The molecule has 6 rings (SSSR count). The van der Waals surface area contributed by atoms with E-state index in [1.54, 1.807) is 0 Å². The predicted molar refractivity (Wildman–Crippen MR) is 100.0 cm³/mol. The molecule has 4 fully saturated rings. The van der Waals surface area contributed by atoms with Gasteiger partial charge < -0.3 is 4.57 Å². The fourth-order valence-electron chi connectivity index (χ4n) is 6.87. The Bertz CT molecular complexity index is 840. The summed E-state index contributed by atoms with van der Waals surface area (Å²) >= 11 is 0. The van der Waals surface area contributed by atoms with Crippen LogP contribution in [0, 0.1) is 43.9 Å². The molecule has 1 heterocycles. The van der Waals surface area contributed by atoms with Crippen molar-refractivity contribution in [3.05, 3.63) is 46.8 Å². The molecular formula is C22H29N3. The zero-order valence-electron chi connectivity index (χ0n) is 15.7. The lowest BCUT2D eigenvalue weighted by molar-refractivity contribution is -0.0454. The van der Waals surface area contributed by atoms with Gasteiger partial charge in [0.1, 0.15) is 0 Å². The molecule has 25 heavy (non-hydrogen) atoms. The summed E-state index contributed by atoms with van der Waals surface area (Å²) in [5, 5.41) is 8.97. The average molecular weight is 335 g/mol. The molecule has 0 amide bonds. The van der Waals surface area contributed by atoms with Crippen molar-refractivity contribution >= 4 is 0 Å². The fourth-order valence-corrected chi connectivity index (χ4v) is 6.87. The monoisotopic (exact) mass is 335 g/mol. The van der Waals surface area contributed by atoms with Gasteiger partial charge in [0.15, 0.2) is 0 Å². The molecule has 0 radical (unpaired) electrons. The van der Waals surface area contributed by atoms with Crippen LogP contribution in [0.4, 0.5) is 0 Å². The minimum atomic E-state index is 0.226. The third kappa shape index (κ3) is 2.21. The quantitative estimate of drug-likeness (QED) is 0.832. The second kappa shape index (κ2) is 5.12. The Morgan fingerprint density at radius 2 is 1.40 bits per heavy atom. The molecule has 1 aromatic heterocycles. The highest BCUT2D eigenvalue weighted by atomic mass is 15.2. The normalized spacial score (nSPS) is 33.2. The highest BCUT2D eigenvalue weighted by Crippen LogP contribution is 2.58. The van der Waals surface area contributed by atoms with Crippen molar-refractivity contribution in [3.8, 4) is 5.69 Å². The first-order valence-electron chi connectivity index (χ1n) is 9.88. The topological polar surface area (TPSA) is 33.7 Å². The lowest BCUT2D eigenvalue weighted by Gasteiger charge is -2.57. The van der Waals surface area contributed by atoms with E-state index < -0.39 is 0 Å². The zero-order valence-corrected chi connectivity index (χ0v) is 15.7. The van der Waals surface area contributed by atoms with Gasteiger partial charge in [0.2, 0.25) is 5.62 Å². The lowest BCUT2D eigenvalue weighted by atomic mass is 9.53. The number of aromatic nitrogens is 2.